The van der Waals surface area contributed by atoms with E-state index in [1.807, 2.05) is 11.4 Å². The van der Waals surface area contributed by atoms with Crippen molar-refractivity contribution < 1.29 is 9.59 Å². The lowest BCUT2D eigenvalue weighted by Crippen LogP contribution is -2.42. The first-order valence-electron chi connectivity index (χ1n) is 2.59. The fourth-order valence-corrected chi connectivity index (χ4v) is 2.52. The minimum atomic E-state index is -2.96. The van der Waals surface area contributed by atoms with E-state index in [9.17, 15) is 0 Å². The summed E-state index contributed by atoms with van der Waals surface area (Å²) in [4.78, 5) is 18.2. The van der Waals surface area contributed by atoms with Crippen molar-refractivity contribution in [3.8, 4) is 0 Å². The third-order valence-corrected chi connectivity index (χ3v) is 4.29. The molecule has 1 rings (SSSR count). The minimum Gasteiger partial charge on any atom is -0.407 e. The van der Waals surface area contributed by atoms with Crippen LogP contribution in [0.25, 0.3) is 0 Å². The summed E-state index contributed by atoms with van der Waals surface area (Å²) in [6.07, 6.45) is 0. The first-order valence-corrected chi connectivity index (χ1v) is 5.87. The highest BCUT2D eigenvalue weighted by Crippen LogP contribution is 2.00. The van der Waals surface area contributed by atoms with Gasteiger partial charge in [-0.2, -0.15) is 0 Å². The summed E-state index contributed by atoms with van der Waals surface area (Å²) >= 11 is 1.39. The van der Waals surface area contributed by atoms with Gasteiger partial charge in [0.2, 0.25) is 0 Å². The molecule has 0 atom stereocenters. The molecule has 2 nitrogen and oxygen atoms in total. The third kappa shape index (κ3) is 1.62. The Kier molecular flexibility index (Phi) is 1.72. The maximum atomic E-state index is 9.08. The van der Waals surface area contributed by atoms with E-state index < -0.39 is 8.56 Å². The van der Waals surface area contributed by atoms with Crippen molar-refractivity contribution in [3.63, 3.8) is 0 Å². The number of thiophene rings is 1. The first kappa shape index (κ1) is 6.95. The van der Waals surface area contributed by atoms with Crippen LogP contribution in [-0.2, 0) is 0 Å². The first-order chi connectivity index (χ1) is 4.11. The molecule has 0 saturated carbocycles. The van der Waals surface area contributed by atoms with Gasteiger partial charge in [0.1, 0.15) is 0 Å². The van der Waals surface area contributed by atoms with E-state index in [1.165, 1.54) is 17.9 Å². The fraction of sp³-hybridized carbons (Fsp3) is 0.200. The van der Waals surface area contributed by atoms with Gasteiger partial charge in [0.25, 0.3) is 0 Å². The molecule has 9 heavy (non-hydrogen) atoms. The summed E-state index contributed by atoms with van der Waals surface area (Å²) in [5.74, 6) is 0. The molecule has 0 aliphatic carbocycles. The van der Waals surface area contributed by atoms with Gasteiger partial charge in [0, 0.05) is 4.50 Å². The zero-order valence-electron chi connectivity index (χ0n) is 5.03. The van der Waals surface area contributed by atoms with Crippen molar-refractivity contribution in [1.29, 1.82) is 0 Å². The number of hydrogen-bond acceptors (Lipinski definition) is 3. The molecule has 0 fully saturated rings. The van der Waals surface area contributed by atoms with E-state index in [2.05, 4.69) is 0 Å². The number of rotatable bonds is 1. The van der Waals surface area contributed by atoms with Crippen LogP contribution in [0.1, 0.15) is 0 Å². The van der Waals surface area contributed by atoms with Crippen molar-refractivity contribution in [2.24, 2.45) is 0 Å². The Balaban J connectivity index is 2.90. The lowest BCUT2D eigenvalue weighted by molar-refractivity contribution is 0.393. The van der Waals surface area contributed by atoms with Crippen molar-refractivity contribution in [2.45, 2.75) is 6.55 Å². The standard InChI is InChI=1S/C5H8O2SSi/c1-9(6,7)5-3-2-4-8-5/h2-4,6-7H,1H3. The van der Waals surface area contributed by atoms with Crippen molar-refractivity contribution in [3.05, 3.63) is 17.5 Å². The minimum absolute atomic E-state index is 0.711. The van der Waals surface area contributed by atoms with E-state index in [-0.39, 0.29) is 0 Å². The zero-order chi connectivity index (χ0) is 6.91. The van der Waals surface area contributed by atoms with Crippen molar-refractivity contribution >= 4 is 24.4 Å². The molecule has 4 heteroatoms. The van der Waals surface area contributed by atoms with Crippen LogP contribution in [0, 0.1) is 0 Å². The van der Waals surface area contributed by atoms with E-state index in [1.54, 1.807) is 6.07 Å². The normalized spacial score (nSPS) is 11.9. The molecule has 0 aliphatic rings. The average Bonchev–Trinajstić information content (AvgIpc) is 2.08. The Morgan fingerprint density at radius 3 is 2.44 bits per heavy atom. The zero-order valence-corrected chi connectivity index (χ0v) is 6.85. The van der Waals surface area contributed by atoms with Crippen LogP contribution in [0.4, 0.5) is 0 Å². The topological polar surface area (TPSA) is 40.5 Å². The second-order valence-electron chi connectivity index (χ2n) is 2.00. The Labute approximate surface area is 58.7 Å². The lowest BCUT2D eigenvalue weighted by Gasteiger charge is -2.06. The number of hydrogen-bond donors (Lipinski definition) is 2. The van der Waals surface area contributed by atoms with Gasteiger partial charge in [-0.25, -0.2) is 0 Å². The molecule has 0 unspecified atom stereocenters. The van der Waals surface area contributed by atoms with Gasteiger partial charge in [0.15, 0.2) is 0 Å². The van der Waals surface area contributed by atoms with Crippen molar-refractivity contribution in [1.82, 2.24) is 0 Å². The molecule has 0 amide bonds. The van der Waals surface area contributed by atoms with Crippen LogP contribution in [0.5, 0.6) is 0 Å². The predicted octanol–water partition coefficient (Wildman–Crippen LogP) is 0.0117. The van der Waals surface area contributed by atoms with Crippen LogP contribution in [0.3, 0.4) is 0 Å². The van der Waals surface area contributed by atoms with Gasteiger partial charge < -0.3 is 9.59 Å². The van der Waals surface area contributed by atoms with Crippen LogP contribution in [0.15, 0.2) is 17.5 Å². The quantitative estimate of drug-likeness (QED) is 0.568. The molecule has 0 aromatic carbocycles. The largest absolute Gasteiger partial charge is 0.407 e. The van der Waals surface area contributed by atoms with Crippen molar-refractivity contribution in [2.75, 3.05) is 0 Å². The Bertz CT molecular complexity index is 177. The van der Waals surface area contributed by atoms with E-state index >= 15 is 0 Å². The Morgan fingerprint density at radius 2 is 2.22 bits per heavy atom. The smallest absolute Gasteiger partial charge is 0.374 e. The van der Waals surface area contributed by atoms with Crippen LogP contribution >= 0.6 is 11.3 Å². The predicted molar refractivity (Wildman–Crippen MR) is 40.0 cm³/mol. The van der Waals surface area contributed by atoms with Gasteiger partial charge in [-0.1, -0.05) is 6.07 Å². The molecule has 50 valence electrons. The second kappa shape index (κ2) is 2.22. The maximum absolute atomic E-state index is 9.08. The Morgan fingerprint density at radius 1 is 1.56 bits per heavy atom. The SMILES string of the molecule is C[Si](O)(O)c1cccs1. The Hall–Kier alpha value is -0.163. The van der Waals surface area contributed by atoms with E-state index in [0.717, 1.165) is 0 Å². The van der Waals surface area contributed by atoms with E-state index in [4.69, 9.17) is 9.59 Å². The molecule has 0 spiro atoms. The summed E-state index contributed by atoms with van der Waals surface area (Å²) in [5, 5.41) is 1.84. The molecule has 1 aromatic heterocycles. The monoisotopic (exact) mass is 160 g/mol. The van der Waals surface area contributed by atoms with Gasteiger partial charge >= 0.3 is 8.56 Å². The van der Waals surface area contributed by atoms with Crippen LogP contribution < -0.4 is 4.50 Å². The third-order valence-electron chi connectivity index (χ3n) is 0.988. The summed E-state index contributed by atoms with van der Waals surface area (Å²) in [7, 11) is -2.96. The molecular weight excluding hydrogens is 152 g/mol. The molecule has 0 aliphatic heterocycles. The van der Waals surface area contributed by atoms with Gasteiger partial charge in [-0.15, -0.1) is 11.3 Å². The highest BCUT2D eigenvalue weighted by atomic mass is 32.1. The fourth-order valence-electron chi connectivity index (χ4n) is 0.548. The average molecular weight is 160 g/mol. The van der Waals surface area contributed by atoms with Gasteiger partial charge in [-0.3, -0.25) is 0 Å². The molecule has 0 saturated heterocycles. The molecule has 2 N–H and O–H groups in total. The summed E-state index contributed by atoms with van der Waals surface area (Å²) in [6, 6.07) is 3.56. The molecule has 1 aromatic rings. The lowest BCUT2D eigenvalue weighted by atomic mass is 10.7. The summed E-state index contributed by atoms with van der Waals surface area (Å²) < 4.78 is 0.711. The molecule has 1 heterocycles. The highest BCUT2D eigenvalue weighted by molar-refractivity contribution is 7.23. The van der Waals surface area contributed by atoms with Gasteiger partial charge in [0.05, 0.1) is 0 Å². The summed E-state index contributed by atoms with van der Waals surface area (Å²) in [5.41, 5.74) is 0. The molecule has 0 bridgehead atoms. The molecule has 0 radical (unpaired) electrons. The van der Waals surface area contributed by atoms with Crippen LogP contribution in [0.2, 0.25) is 6.55 Å². The van der Waals surface area contributed by atoms with Crippen LogP contribution in [-0.4, -0.2) is 18.2 Å². The van der Waals surface area contributed by atoms with E-state index in [0.29, 0.717) is 4.50 Å². The molecular formula is C5H8O2SSi. The second-order valence-corrected chi connectivity index (χ2v) is 5.89. The maximum Gasteiger partial charge on any atom is 0.374 e. The van der Waals surface area contributed by atoms with Gasteiger partial charge in [-0.05, 0) is 18.0 Å². The summed E-state index contributed by atoms with van der Waals surface area (Å²) in [6.45, 7) is 1.48. The highest BCUT2D eigenvalue weighted by Gasteiger charge is 2.25.